The van der Waals surface area contributed by atoms with E-state index in [0.29, 0.717) is 36.0 Å². The van der Waals surface area contributed by atoms with E-state index in [9.17, 15) is 5.11 Å². The number of β-amino-alcohol motifs (C(OH)–C–C–N with tert-alkyl or cyclic N) is 1. The molecule has 2 aromatic carbocycles. The molecule has 0 fully saturated rings. The minimum atomic E-state index is -0.747. The van der Waals surface area contributed by atoms with E-state index < -0.39 is 6.10 Å². The zero-order valence-corrected chi connectivity index (χ0v) is 15.5. The van der Waals surface area contributed by atoms with Crippen molar-refractivity contribution < 1.29 is 19.0 Å². The van der Waals surface area contributed by atoms with Crippen LogP contribution in [-0.2, 0) is 6.54 Å². The fourth-order valence-corrected chi connectivity index (χ4v) is 3.97. The molecule has 7 heteroatoms. The number of benzene rings is 2. The number of aromatic nitrogens is 2. The Bertz CT molecular complexity index is 1190. The Hall–Kier alpha value is -3.32. The number of hydrogen-bond donors (Lipinski definition) is 1. The van der Waals surface area contributed by atoms with Crippen LogP contribution < -0.4 is 14.4 Å². The van der Waals surface area contributed by atoms with Crippen LogP contribution in [0.1, 0.15) is 17.2 Å². The zero-order valence-electron chi connectivity index (χ0n) is 15.5. The van der Waals surface area contributed by atoms with Gasteiger partial charge in [0.05, 0.1) is 20.8 Å². The number of fused-ring (bicyclic) bond motifs is 4. The molecule has 0 aliphatic carbocycles. The zero-order chi connectivity index (χ0) is 19.3. The summed E-state index contributed by atoms with van der Waals surface area (Å²) in [7, 11) is 3.22. The van der Waals surface area contributed by atoms with E-state index in [1.54, 1.807) is 14.2 Å². The van der Waals surface area contributed by atoms with Crippen molar-refractivity contribution in [3.63, 3.8) is 0 Å². The largest absolute Gasteiger partial charge is 0.496 e. The van der Waals surface area contributed by atoms with Gasteiger partial charge in [-0.3, -0.25) is 0 Å². The third-order valence-corrected chi connectivity index (χ3v) is 5.23. The first-order chi connectivity index (χ1) is 13.7. The quantitative estimate of drug-likeness (QED) is 0.586. The van der Waals surface area contributed by atoms with E-state index in [-0.39, 0.29) is 0 Å². The predicted octanol–water partition coefficient (Wildman–Crippen LogP) is 3.45. The van der Waals surface area contributed by atoms with E-state index in [1.165, 1.54) is 6.33 Å². The second kappa shape index (κ2) is 6.38. The van der Waals surface area contributed by atoms with Gasteiger partial charge in [0.25, 0.3) is 0 Å². The lowest BCUT2D eigenvalue weighted by atomic mass is 9.95. The summed E-state index contributed by atoms with van der Waals surface area (Å²) in [5.74, 6) is 2.00. The number of hydrogen-bond acceptors (Lipinski definition) is 7. The number of ether oxygens (including phenoxy) is 2. The Morgan fingerprint density at radius 2 is 1.86 bits per heavy atom. The number of para-hydroxylation sites is 1. The lowest BCUT2D eigenvalue weighted by Crippen LogP contribution is -2.34. The van der Waals surface area contributed by atoms with Gasteiger partial charge in [-0.25, -0.2) is 9.97 Å². The highest BCUT2D eigenvalue weighted by atomic mass is 16.5. The number of anilines is 1. The number of rotatable bonds is 3. The molecular weight excluding hydrogens is 358 g/mol. The third-order valence-electron chi connectivity index (χ3n) is 5.23. The predicted molar refractivity (Wildman–Crippen MR) is 105 cm³/mol. The first kappa shape index (κ1) is 16.8. The Kier molecular flexibility index (Phi) is 3.84. The summed E-state index contributed by atoms with van der Waals surface area (Å²) in [6.07, 6.45) is 0.785. The topological polar surface area (TPSA) is 80.9 Å². The molecule has 7 nitrogen and oxygen atoms in total. The molecule has 4 aromatic rings. The average molecular weight is 377 g/mol. The average Bonchev–Trinajstić information content (AvgIpc) is 3.11. The van der Waals surface area contributed by atoms with E-state index in [2.05, 4.69) is 9.97 Å². The van der Waals surface area contributed by atoms with E-state index >= 15 is 0 Å². The molecule has 0 radical (unpaired) electrons. The molecule has 0 spiro atoms. The van der Waals surface area contributed by atoms with Crippen molar-refractivity contribution in [3.8, 4) is 11.5 Å². The van der Waals surface area contributed by atoms with Crippen LogP contribution in [-0.4, -0.2) is 35.8 Å². The minimum absolute atomic E-state index is 0.361. The molecule has 0 bridgehead atoms. The SMILES string of the molecule is COc1ccc(OC)c2c1CN(c1ncnc3c1oc1ccccc13)CC2O. The van der Waals surface area contributed by atoms with E-state index in [4.69, 9.17) is 13.9 Å². The van der Waals surface area contributed by atoms with Crippen LogP contribution in [0.25, 0.3) is 22.1 Å². The van der Waals surface area contributed by atoms with E-state index in [0.717, 1.165) is 27.6 Å². The summed E-state index contributed by atoms with van der Waals surface area (Å²) in [5, 5.41) is 11.8. The molecule has 3 heterocycles. The molecule has 0 saturated carbocycles. The van der Waals surface area contributed by atoms with E-state index in [1.807, 2.05) is 41.3 Å². The van der Waals surface area contributed by atoms with Crippen molar-refractivity contribution >= 4 is 27.9 Å². The molecule has 5 rings (SSSR count). The van der Waals surface area contributed by atoms with Crippen LogP contribution in [0.5, 0.6) is 11.5 Å². The van der Waals surface area contributed by atoms with Gasteiger partial charge in [-0.1, -0.05) is 12.1 Å². The van der Waals surface area contributed by atoms with Gasteiger partial charge >= 0.3 is 0 Å². The Morgan fingerprint density at radius 1 is 1.07 bits per heavy atom. The van der Waals surface area contributed by atoms with Gasteiger partial charge in [0.15, 0.2) is 11.4 Å². The highest BCUT2D eigenvalue weighted by Crippen LogP contribution is 2.42. The molecule has 142 valence electrons. The molecule has 2 aromatic heterocycles. The fourth-order valence-electron chi connectivity index (χ4n) is 3.97. The Morgan fingerprint density at radius 3 is 2.68 bits per heavy atom. The Balaban J connectivity index is 1.66. The maximum atomic E-state index is 10.9. The number of furan rings is 1. The minimum Gasteiger partial charge on any atom is -0.496 e. The highest BCUT2D eigenvalue weighted by Gasteiger charge is 2.32. The van der Waals surface area contributed by atoms with Crippen molar-refractivity contribution in [2.75, 3.05) is 25.7 Å². The lowest BCUT2D eigenvalue weighted by molar-refractivity contribution is 0.169. The van der Waals surface area contributed by atoms with Crippen molar-refractivity contribution in [3.05, 3.63) is 53.9 Å². The van der Waals surface area contributed by atoms with Crippen molar-refractivity contribution in [1.82, 2.24) is 9.97 Å². The molecule has 1 atom stereocenters. The number of aliphatic hydroxyl groups is 1. The van der Waals surface area contributed by atoms with Gasteiger partial charge in [-0.15, -0.1) is 0 Å². The molecule has 1 unspecified atom stereocenters. The summed E-state index contributed by atoms with van der Waals surface area (Å²) >= 11 is 0. The van der Waals surface area contributed by atoms with Crippen molar-refractivity contribution in [2.45, 2.75) is 12.6 Å². The van der Waals surface area contributed by atoms with Crippen LogP contribution in [0.2, 0.25) is 0 Å². The van der Waals surface area contributed by atoms with Crippen LogP contribution in [0.15, 0.2) is 47.1 Å². The van der Waals surface area contributed by atoms with Gasteiger partial charge < -0.3 is 23.9 Å². The van der Waals surface area contributed by atoms with Gasteiger partial charge in [-0.2, -0.15) is 0 Å². The van der Waals surface area contributed by atoms with Gasteiger partial charge in [0, 0.05) is 23.1 Å². The first-order valence-electron chi connectivity index (χ1n) is 9.00. The summed E-state index contributed by atoms with van der Waals surface area (Å²) in [4.78, 5) is 10.9. The summed E-state index contributed by atoms with van der Waals surface area (Å²) in [6.45, 7) is 0.871. The molecular formula is C21H19N3O4. The fraction of sp³-hybridized carbons (Fsp3) is 0.238. The first-order valence-corrected chi connectivity index (χ1v) is 9.00. The second-order valence-electron chi connectivity index (χ2n) is 6.73. The number of nitrogens with zero attached hydrogens (tertiary/aromatic N) is 3. The maximum absolute atomic E-state index is 10.9. The number of methoxy groups -OCH3 is 2. The van der Waals surface area contributed by atoms with Crippen LogP contribution in [0.4, 0.5) is 5.82 Å². The maximum Gasteiger partial charge on any atom is 0.196 e. The summed E-state index contributed by atoms with van der Waals surface area (Å²) < 4.78 is 17.0. The number of aliphatic hydroxyl groups excluding tert-OH is 1. The third kappa shape index (κ3) is 2.40. The normalized spacial score (nSPS) is 16.4. The molecule has 28 heavy (non-hydrogen) atoms. The summed E-state index contributed by atoms with van der Waals surface area (Å²) in [5.41, 5.74) is 3.77. The smallest absolute Gasteiger partial charge is 0.196 e. The molecule has 1 aliphatic heterocycles. The highest BCUT2D eigenvalue weighted by molar-refractivity contribution is 6.05. The molecule has 0 saturated heterocycles. The Labute approximate surface area is 161 Å². The lowest BCUT2D eigenvalue weighted by Gasteiger charge is -2.34. The van der Waals surface area contributed by atoms with Crippen molar-refractivity contribution in [2.24, 2.45) is 0 Å². The van der Waals surface area contributed by atoms with Crippen molar-refractivity contribution in [1.29, 1.82) is 0 Å². The molecule has 0 amide bonds. The molecule has 1 aliphatic rings. The van der Waals surface area contributed by atoms with Gasteiger partial charge in [0.2, 0.25) is 0 Å². The molecule has 1 N–H and O–H groups in total. The van der Waals surface area contributed by atoms with Crippen LogP contribution in [0.3, 0.4) is 0 Å². The summed E-state index contributed by atoms with van der Waals surface area (Å²) in [6, 6.07) is 11.4. The van der Waals surface area contributed by atoms with Gasteiger partial charge in [-0.05, 0) is 24.3 Å². The van der Waals surface area contributed by atoms with Gasteiger partial charge in [0.1, 0.15) is 35.0 Å². The van der Waals surface area contributed by atoms with Crippen LogP contribution in [0, 0.1) is 0 Å². The standard InChI is InChI=1S/C21H19N3O4/c1-26-15-7-8-17(27-2)18-13(15)9-24(10-14(18)25)21-20-19(22-11-23-21)12-5-3-4-6-16(12)28-20/h3-8,11,14,25H,9-10H2,1-2H3. The monoisotopic (exact) mass is 377 g/mol. The van der Waals surface area contributed by atoms with Crippen LogP contribution >= 0.6 is 0 Å². The second-order valence-corrected chi connectivity index (χ2v) is 6.73.